The first-order valence-corrected chi connectivity index (χ1v) is 4.86. The molecule has 0 saturated carbocycles. The van der Waals surface area contributed by atoms with E-state index in [4.69, 9.17) is 5.73 Å². The Balaban J connectivity index is 2.51. The summed E-state index contributed by atoms with van der Waals surface area (Å²) in [6.07, 6.45) is 2.89. The van der Waals surface area contributed by atoms with Gasteiger partial charge in [-0.05, 0) is 13.3 Å². The van der Waals surface area contributed by atoms with E-state index in [-0.39, 0.29) is 0 Å². The largest absolute Gasteiger partial charge is 0.370 e. The summed E-state index contributed by atoms with van der Waals surface area (Å²) >= 11 is 0. The Kier molecular flexibility index (Phi) is 3.97. The van der Waals surface area contributed by atoms with Crippen LogP contribution in [0.25, 0.3) is 0 Å². The summed E-state index contributed by atoms with van der Waals surface area (Å²) in [5.41, 5.74) is 5.63. The molecule has 0 fully saturated rings. The number of nitrogens with one attached hydrogen (secondary N) is 1. The highest BCUT2D eigenvalue weighted by Crippen LogP contribution is 2.00. The van der Waals surface area contributed by atoms with Crippen molar-refractivity contribution in [2.24, 2.45) is 10.7 Å². The molecule has 0 aliphatic heterocycles. The van der Waals surface area contributed by atoms with Gasteiger partial charge in [-0.25, -0.2) is 0 Å². The van der Waals surface area contributed by atoms with Gasteiger partial charge in [0.05, 0.1) is 0 Å². The van der Waals surface area contributed by atoms with Gasteiger partial charge in [-0.15, -0.1) is 0 Å². The Morgan fingerprint density at radius 2 is 2.43 bits per heavy atom. The molecule has 0 spiro atoms. The van der Waals surface area contributed by atoms with Gasteiger partial charge in [-0.1, -0.05) is 6.92 Å². The predicted molar refractivity (Wildman–Crippen MR) is 58.3 cm³/mol. The summed E-state index contributed by atoms with van der Waals surface area (Å²) in [5.74, 6) is 1.16. The topological polar surface area (TPSA) is 68.2 Å². The zero-order chi connectivity index (χ0) is 10.4. The van der Waals surface area contributed by atoms with Crippen molar-refractivity contribution in [3.63, 3.8) is 0 Å². The Morgan fingerprint density at radius 1 is 1.64 bits per heavy atom. The van der Waals surface area contributed by atoms with Crippen molar-refractivity contribution in [2.45, 2.75) is 26.8 Å². The smallest absolute Gasteiger partial charge is 0.194 e. The minimum Gasteiger partial charge on any atom is -0.370 e. The molecule has 0 aliphatic carbocycles. The van der Waals surface area contributed by atoms with E-state index < -0.39 is 0 Å². The maximum Gasteiger partial charge on any atom is 0.194 e. The highest BCUT2D eigenvalue weighted by molar-refractivity contribution is 5.91. The van der Waals surface area contributed by atoms with E-state index >= 15 is 0 Å². The second kappa shape index (κ2) is 5.26. The number of rotatable bonds is 4. The van der Waals surface area contributed by atoms with Crippen LogP contribution in [0.15, 0.2) is 17.3 Å². The molecule has 1 aromatic rings. The Labute approximate surface area is 84.0 Å². The second-order valence-corrected chi connectivity index (χ2v) is 2.95. The van der Waals surface area contributed by atoms with E-state index in [0.717, 1.165) is 25.3 Å². The zero-order valence-electron chi connectivity index (χ0n) is 8.70. The number of aromatic nitrogens is 2. The fourth-order valence-corrected chi connectivity index (χ4v) is 1.01. The molecule has 78 valence electrons. The molecule has 0 amide bonds. The second-order valence-electron chi connectivity index (χ2n) is 2.95. The first-order valence-electron chi connectivity index (χ1n) is 4.86. The third-order valence-electron chi connectivity index (χ3n) is 1.73. The van der Waals surface area contributed by atoms with Crippen LogP contribution in [0.4, 0.5) is 5.82 Å². The monoisotopic (exact) mass is 195 g/mol. The van der Waals surface area contributed by atoms with E-state index in [1.165, 1.54) is 0 Å². The van der Waals surface area contributed by atoms with Crippen LogP contribution in [0, 0.1) is 0 Å². The number of aliphatic imine (C=N–C) groups is 1. The van der Waals surface area contributed by atoms with Crippen LogP contribution < -0.4 is 11.1 Å². The lowest BCUT2D eigenvalue weighted by atomic mass is 10.5. The van der Waals surface area contributed by atoms with Crippen molar-refractivity contribution in [3.05, 3.63) is 12.3 Å². The quantitative estimate of drug-likeness (QED) is 0.557. The van der Waals surface area contributed by atoms with Crippen molar-refractivity contribution in [1.82, 2.24) is 9.78 Å². The molecule has 0 radical (unpaired) electrons. The van der Waals surface area contributed by atoms with E-state index in [1.807, 2.05) is 23.9 Å². The van der Waals surface area contributed by atoms with Gasteiger partial charge < -0.3 is 11.1 Å². The maximum absolute atomic E-state index is 5.63. The van der Waals surface area contributed by atoms with Gasteiger partial charge in [0.15, 0.2) is 11.8 Å². The summed E-state index contributed by atoms with van der Waals surface area (Å²) < 4.78 is 1.83. The molecule has 0 unspecified atom stereocenters. The molecule has 1 aromatic heterocycles. The van der Waals surface area contributed by atoms with Crippen molar-refractivity contribution in [1.29, 1.82) is 0 Å². The van der Waals surface area contributed by atoms with Gasteiger partial charge in [0.2, 0.25) is 0 Å². The number of nitrogens with two attached hydrogens (primary N) is 1. The van der Waals surface area contributed by atoms with Gasteiger partial charge in [0, 0.05) is 25.4 Å². The SMILES string of the molecule is CCCN=C(N)Nc1ccn(CC)n1. The molecule has 0 bridgehead atoms. The van der Waals surface area contributed by atoms with E-state index in [1.54, 1.807) is 0 Å². The summed E-state index contributed by atoms with van der Waals surface area (Å²) in [6.45, 7) is 5.69. The molecule has 0 aliphatic rings. The highest BCUT2D eigenvalue weighted by Gasteiger charge is 1.97. The third-order valence-corrected chi connectivity index (χ3v) is 1.73. The number of nitrogens with zero attached hydrogens (tertiary/aromatic N) is 3. The van der Waals surface area contributed by atoms with Gasteiger partial charge >= 0.3 is 0 Å². The first-order chi connectivity index (χ1) is 6.76. The number of hydrogen-bond acceptors (Lipinski definition) is 2. The lowest BCUT2D eigenvalue weighted by molar-refractivity contribution is 0.662. The molecule has 0 atom stereocenters. The van der Waals surface area contributed by atoms with Crippen LogP contribution in [0.3, 0.4) is 0 Å². The molecule has 5 nitrogen and oxygen atoms in total. The van der Waals surface area contributed by atoms with Gasteiger partial charge in [0.1, 0.15) is 0 Å². The fraction of sp³-hybridized carbons (Fsp3) is 0.556. The number of hydrogen-bond donors (Lipinski definition) is 2. The molecule has 1 rings (SSSR count). The van der Waals surface area contributed by atoms with Gasteiger partial charge in [-0.3, -0.25) is 9.67 Å². The van der Waals surface area contributed by atoms with E-state index in [2.05, 4.69) is 22.3 Å². The molecule has 3 N–H and O–H groups in total. The summed E-state index contributed by atoms with van der Waals surface area (Å²) in [5, 5.41) is 7.15. The minimum atomic E-state index is 0.424. The Bertz CT molecular complexity index is 302. The molecule has 1 heterocycles. The van der Waals surface area contributed by atoms with Crippen molar-refractivity contribution < 1.29 is 0 Å². The number of aryl methyl sites for hydroxylation is 1. The molecule has 0 saturated heterocycles. The lowest BCUT2D eigenvalue weighted by Gasteiger charge is -2.00. The van der Waals surface area contributed by atoms with Crippen molar-refractivity contribution >= 4 is 11.8 Å². The highest BCUT2D eigenvalue weighted by atomic mass is 15.3. The Hall–Kier alpha value is -1.52. The summed E-state index contributed by atoms with van der Waals surface area (Å²) in [6, 6.07) is 1.87. The standard InChI is InChI=1S/C9H17N5/c1-3-6-11-9(10)12-8-5-7-14(4-2)13-8/h5,7H,3-4,6H2,1-2H3,(H3,10,11,12,13). The number of guanidine groups is 1. The first kappa shape index (κ1) is 10.6. The average molecular weight is 195 g/mol. The van der Waals surface area contributed by atoms with Gasteiger partial charge in [-0.2, -0.15) is 5.10 Å². The summed E-state index contributed by atoms with van der Waals surface area (Å²) in [7, 11) is 0. The predicted octanol–water partition coefficient (Wildman–Crippen LogP) is 1.04. The lowest BCUT2D eigenvalue weighted by Crippen LogP contribution is -2.23. The third kappa shape index (κ3) is 3.08. The molecular weight excluding hydrogens is 178 g/mol. The molecule has 0 aromatic carbocycles. The van der Waals surface area contributed by atoms with Crippen LogP contribution in [-0.4, -0.2) is 22.3 Å². The normalized spacial score (nSPS) is 11.7. The van der Waals surface area contributed by atoms with Gasteiger partial charge in [0.25, 0.3) is 0 Å². The van der Waals surface area contributed by atoms with Crippen LogP contribution >= 0.6 is 0 Å². The molecule has 5 heteroatoms. The zero-order valence-corrected chi connectivity index (χ0v) is 8.70. The van der Waals surface area contributed by atoms with Crippen LogP contribution in [0.2, 0.25) is 0 Å². The molecular formula is C9H17N5. The van der Waals surface area contributed by atoms with E-state index in [0.29, 0.717) is 5.96 Å². The number of anilines is 1. The van der Waals surface area contributed by atoms with Crippen molar-refractivity contribution in [2.75, 3.05) is 11.9 Å². The van der Waals surface area contributed by atoms with E-state index in [9.17, 15) is 0 Å². The fourth-order valence-electron chi connectivity index (χ4n) is 1.01. The Morgan fingerprint density at radius 3 is 3.00 bits per heavy atom. The average Bonchev–Trinajstić information content (AvgIpc) is 2.62. The van der Waals surface area contributed by atoms with Crippen LogP contribution in [0.1, 0.15) is 20.3 Å². The summed E-state index contributed by atoms with van der Waals surface area (Å²) in [4.78, 5) is 4.11. The maximum atomic E-state index is 5.63. The van der Waals surface area contributed by atoms with Crippen LogP contribution in [-0.2, 0) is 6.54 Å². The molecule has 14 heavy (non-hydrogen) atoms. The minimum absolute atomic E-state index is 0.424. The van der Waals surface area contributed by atoms with Crippen molar-refractivity contribution in [3.8, 4) is 0 Å². The van der Waals surface area contributed by atoms with Crippen LogP contribution in [0.5, 0.6) is 0 Å².